The summed E-state index contributed by atoms with van der Waals surface area (Å²) >= 11 is 1.34. The van der Waals surface area contributed by atoms with E-state index in [2.05, 4.69) is 21.6 Å². The predicted octanol–water partition coefficient (Wildman–Crippen LogP) is 3.37. The van der Waals surface area contributed by atoms with Crippen molar-refractivity contribution in [2.75, 3.05) is 12.4 Å². The first-order valence-electron chi connectivity index (χ1n) is 8.72. The number of carbonyl (C=O) groups excluding carboxylic acids is 3. The van der Waals surface area contributed by atoms with Gasteiger partial charge in [0.15, 0.2) is 4.80 Å². The molecule has 0 aliphatic heterocycles. The number of methoxy groups -OCH3 is 1. The topological polar surface area (TPSA) is 89.8 Å². The van der Waals surface area contributed by atoms with E-state index in [1.165, 1.54) is 49.6 Å². The number of allylic oxidation sites excluding steroid dienone is 1. The maximum atomic E-state index is 12.6. The molecule has 0 aliphatic rings. The van der Waals surface area contributed by atoms with E-state index in [-0.39, 0.29) is 5.91 Å². The first kappa shape index (κ1) is 20.2. The molecule has 0 bridgehead atoms. The van der Waals surface area contributed by atoms with Crippen LogP contribution in [0.5, 0.6) is 0 Å². The zero-order valence-electron chi connectivity index (χ0n) is 16.0. The van der Waals surface area contributed by atoms with Crippen molar-refractivity contribution in [2.45, 2.75) is 13.5 Å². The summed E-state index contributed by atoms with van der Waals surface area (Å²) in [5.41, 5.74) is 2.28. The fourth-order valence-corrected chi connectivity index (χ4v) is 3.84. The van der Waals surface area contributed by atoms with E-state index in [0.717, 1.165) is 10.2 Å². The molecule has 148 valence electrons. The minimum absolute atomic E-state index is 0.157. The summed E-state index contributed by atoms with van der Waals surface area (Å²) in [5, 5.41) is 2.75. The van der Waals surface area contributed by atoms with Crippen molar-refractivity contribution < 1.29 is 19.1 Å². The van der Waals surface area contributed by atoms with Crippen molar-refractivity contribution in [3.05, 3.63) is 71.0 Å². The standard InChI is InChI=1S/C21H19N3O4S/c1-4-11-24-17-10-9-16(22-13(2)25)12-18(17)29-21(24)23-19(26)14-5-7-15(8-6-14)20(27)28-3/h4-10,12H,1,11H2,2-3H3,(H,22,25). The normalized spacial score (nSPS) is 11.3. The van der Waals surface area contributed by atoms with Crippen LogP contribution in [-0.4, -0.2) is 29.5 Å². The summed E-state index contributed by atoms with van der Waals surface area (Å²) in [7, 11) is 1.30. The summed E-state index contributed by atoms with van der Waals surface area (Å²) in [4.78, 5) is 40.2. The number of benzene rings is 2. The van der Waals surface area contributed by atoms with Gasteiger partial charge < -0.3 is 14.6 Å². The second-order valence-corrected chi connectivity index (χ2v) is 7.14. The van der Waals surface area contributed by atoms with Crippen LogP contribution in [0.4, 0.5) is 5.69 Å². The molecule has 3 rings (SSSR count). The average molecular weight is 409 g/mol. The van der Waals surface area contributed by atoms with E-state index in [4.69, 9.17) is 0 Å². The van der Waals surface area contributed by atoms with Crippen LogP contribution in [0, 0.1) is 0 Å². The van der Waals surface area contributed by atoms with E-state index in [9.17, 15) is 14.4 Å². The number of carbonyl (C=O) groups is 3. The highest BCUT2D eigenvalue weighted by Crippen LogP contribution is 2.22. The molecule has 0 saturated heterocycles. The van der Waals surface area contributed by atoms with E-state index < -0.39 is 11.9 Å². The fraction of sp³-hybridized carbons (Fsp3) is 0.143. The second kappa shape index (κ2) is 8.66. The summed E-state index contributed by atoms with van der Waals surface area (Å²) < 4.78 is 7.42. The molecule has 2 amide bonds. The molecular formula is C21H19N3O4S. The predicted molar refractivity (Wildman–Crippen MR) is 112 cm³/mol. The van der Waals surface area contributed by atoms with Crippen molar-refractivity contribution in [1.29, 1.82) is 0 Å². The molecule has 0 fully saturated rings. The highest BCUT2D eigenvalue weighted by atomic mass is 32.1. The maximum absolute atomic E-state index is 12.6. The molecule has 0 aliphatic carbocycles. The van der Waals surface area contributed by atoms with Crippen molar-refractivity contribution in [3.8, 4) is 0 Å². The van der Waals surface area contributed by atoms with Crippen molar-refractivity contribution in [2.24, 2.45) is 4.99 Å². The Morgan fingerprint density at radius 1 is 1.17 bits per heavy atom. The Hall–Kier alpha value is -3.52. The largest absolute Gasteiger partial charge is 0.465 e. The number of nitrogens with zero attached hydrogens (tertiary/aromatic N) is 2. The lowest BCUT2D eigenvalue weighted by molar-refractivity contribution is -0.114. The Morgan fingerprint density at radius 3 is 2.48 bits per heavy atom. The average Bonchev–Trinajstić information content (AvgIpc) is 3.03. The summed E-state index contributed by atoms with van der Waals surface area (Å²) in [6.07, 6.45) is 1.72. The molecule has 0 spiro atoms. The van der Waals surface area contributed by atoms with Crippen LogP contribution in [-0.2, 0) is 16.1 Å². The van der Waals surface area contributed by atoms with Gasteiger partial charge in [-0.15, -0.1) is 6.58 Å². The number of aromatic nitrogens is 1. The third-order valence-electron chi connectivity index (χ3n) is 4.06. The van der Waals surface area contributed by atoms with Gasteiger partial charge in [0.2, 0.25) is 5.91 Å². The molecule has 0 atom stereocenters. The summed E-state index contributed by atoms with van der Waals surface area (Å²) in [6, 6.07) is 11.6. The first-order valence-corrected chi connectivity index (χ1v) is 9.54. The fourth-order valence-electron chi connectivity index (χ4n) is 2.76. The van der Waals surface area contributed by atoms with E-state index in [1.807, 2.05) is 16.7 Å². The molecule has 7 nitrogen and oxygen atoms in total. The molecule has 1 aromatic heterocycles. The Bertz CT molecular complexity index is 1170. The minimum Gasteiger partial charge on any atom is -0.465 e. The minimum atomic E-state index is -0.468. The second-order valence-electron chi connectivity index (χ2n) is 6.13. The number of ether oxygens (including phenoxy) is 1. The van der Waals surface area contributed by atoms with Gasteiger partial charge in [-0.1, -0.05) is 17.4 Å². The van der Waals surface area contributed by atoms with Crippen molar-refractivity contribution in [3.63, 3.8) is 0 Å². The van der Waals surface area contributed by atoms with Crippen LogP contribution in [0.25, 0.3) is 10.2 Å². The van der Waals surface area contributed by atoms with E-state index in [0.29, 0.717) is 28.2 Å². The highest BCUT2D eigenvalue weighted by molar-refractivity contribution is 7.16. The van der Waals surface area contributed by atoms with E-state index in [1.54, 1.807) is 12.1 Å². The van der Waals surface area contributed by atoms with Gasteiger partial charge in [0.25, 0.3) is 5.91 Å². The monoisotopic (exact) mass is 409 g/mol. The van der Waals surface area contributed by atoms with Crippen LogP contribution in [0.1, 0.15) is 27.6 Å². The molecule has 2 aromatic carbocycles. The molecule has 8 heteroatoms. The number of hydrogen-bond acceptors (Lipinski definition) is 5. The zero-order chi connectivity index (χ0) is 21.0. The van der Waals surface area contributed by atoms with Crippen LogP contribution < -0.4 is 10.1 Å². The molecule has 0 saturated carbocycles. The first-order chi connectivity index (χ1) is 13.9. The Labute approximate surface area is 171 Å². The smallest absolute Gasteiger partial charge is 0.337 e. The molecule has 29 heavy (non-hydrogen) atoms. The molecule has 1 N–H and O–H groups in total. The van der Waals surface area contributed by atoms with Crippen LogP contribution in [0.2, 0.25) is 0 Å². The number of fused-ring (bicyclic) bond motifs is 1. The molecule has 0 unspecified atom stereocenters. The summed E-state index contributed by atoms with van der Waals surface area (Å²) in [5.74, 6) is -1.05. The molecule has 0 radical (unpaired) electrons. The number of esters is 1. The highest BCUT2D eigenvalue weighted by Gasteiger charge is 2.11. The van der Waals surface area contributed by atoms with E-state index >= 15 is 0 Å². The van der Waals surface area contributed by atoms with Crippen LogP contribution >= 0.6 is 11.3 Å². The van der Waals surface area contributed by atoms with Crippen LogP contribution in [0.15, 0.2) is 60.1 Å². The van der Waals surface area contributed by atoms with Gasteiger partial charge in [-0.05, 0) is 42.5 Å². The maximum Gasteiger partial charge on any atom is 0.337 e. The Kier molecular flexibility index (Phi) is 6.04. The number of thiazole rings is 1. The molecular weight excluding hydrogens is 390 g/mol. The lowest BCUT2D eigenvalue weighted by atomic mass is 10.1. The molecule has 1 heterocycles. The quantitative estimate of drug-likeness (QED) is 0.517. The third-order valence-corrected chi connectivity index (χ3v) is 5.11. The Balaban J connectivity index is 2.02. The van der Waals surface area contributed by atoms with Crippen molar-refractivity contribution >= 4 is 45.0 Å². The lowest BCUT2D eigenvalue weighted by Gasteiger charge is -2.04. The number of anilines is 1. The van der Waals surface area contributed by atoms with Gasteiger partial charge in [0, 0.05) is 24.7 Å². The summed E-state index contributed by atoms with van der Waals surface area (Å²) in [6.45, 7) is 5.69. The van der Waals surface area contributed by atoms with Gasteiger partial charge in [0.1, 0.15) is 0 Å². The SMILES string of the molecule is C=CCn1c(=NC(=O)c2ccc(C(=O)OC)cc2)sc2cc(NC(C)=O)ccc21. The Morgan fingerprint density at radius 2 is 1.86 bits per heavy atom. The number of nitrogens with one attached hydrogen (secondary N) is 1. The van der Waals surface area contributed by atoms with Gasteiger partial charge in [-0.2, -0.15) is 4.99 Å². The zero-order valence-corrected chi connectivity index (χ0v) is 16.8. The molecule has 3 aromatic rings. The number of amides is 2. The van der Waals surface area contributed by atoms with Gasteiger partial charge in [-0.3, -0.25) is 9.59 Å². The van der Waals surface area contributed by atoms with Crippen molar-refractivity contribution in [1.82, 2.24) is 4.57 Å². The van der Waals surface area contributed by atoms with Crippen LogP contribution in [0.3, 0.4) is 0 Å². The lowest BCUT2D eigenvalue weighted by Crippen LogP contribution is -2.16. The number of hydrogen-bond donors (Lipinski definition) is 1. The third kappa shape index (κ3) is 4.49. The van der Waals surface area contributed by atoms with Gasteiger partial charge in [-0.25, -0.2) is 4.79 Å². The van der Waals surface area contributed by atoms with Gasteiger partial charge >= 0.3 is 5.97 Å². The number of rotatable bonds is 5. The van der Waals surface area contributed by atoms with Gasteiger partial charge in [0.05, 0.1) is 22.9 Å².